The van der Waals surface area contributed by atoms with Gasteiger partial charge >= 0.3 is 13.2 Å². The molecule has 2 heterocycles. The molecule has 1 aromatic rings. The van der Waals surface area contributed by atoms with E-state index in [9.17, 15) is 13.6 Å². The number of anilines is 1. The van der Waals surface area contributed by atoms with E-state index in [1.54, 1.807) is 30.6 Å². The molecule has 0 N–H and O–H groups in total. The van der Waals surface area contributed by atoms with Crippen LogP contribution in [-0.4, -0.2) is 61.1 Å². The summed E-state index contributed by atoms with van der Waals surface area (Å²) in [5.74, 6) is -1.13. The van der Waals surface area contributed by atoms with E-state index in [0.717, 1.165) is 6.07 Å². The van der Waals surface area contributed by atoms with Gasteiger partial charge in [-0.25, -0.2) is 13.6 Å². The van der Waals surface area contributed by atoms with Crippen LogP contribution in [0, 0.1) is 11.6 Å². The third-order valence-electron chi connectivity index (χ3n) is 5.85. The summed E-state index contributed by atoms with van der Waals surface area (Å²) in [4.78, 5) is 15.5. The lowest BCUT2D eigenvalue weighted by Crippen LogP contribution is -2.50. The first-order valence-electron chi connectivity index (χ1n) is 10.3. The third-order valence-corrected chi connectivity index (χ3v) is 5.85. The summed E-state index contributed by atoms with van der Waals surface area (Å²) in [5, 5.41) is 0. The number of rotatable bonds is 2. The van der Waals surface area contributed by atoms with Gasteiger partial charge in [-0.3, -0.25) is 0 Å². The highest BCUT2D eigenvalue weighted by Crippen LogP contribution is 2.37. The highest BCUT2D eigenvalue weighted by molar-refractivity contribution is 6.62. The molecule has 2 saturated heterocycles. The van der Waals surface area contributed by atoms with Crippen LogP contribution in [-0.2, 0) is 14.0 Å². The second-order valence-corrected chi connectivity index (χ2v) is 9.87. The molecule has 0 radical (unpaired) electrons. The van der Waals surface area contributed by atoms with E-state index in [1.165, 1.54) is 6.07 Å². The normalized spacial score (nSPS) is 21.2. The van der Waals surface area contributed by atoms with Gasteiger partial charge in [0.2, 0.25) is 0 Å². The van der Waals surface area contributed by atoms with E-state index in [0.29, 0.717) is 26.2 Å². The molecule has 0 spiro atoms. The lowest BCUT2D eigenvalue weighted by molar-refractivity contribution is 0.00578. The minimum absolute atomic E-state index is 0.0438. The average Bonchev–Trinajstić information content (AvgIpc) is 2.82. The lowest BCUT2D eigenvalue weighted by Gasteiger charge is -2.37. The van der Waals surface area contributed by atoms with Crippen LogP contribution in [0.5, 0.6) is 0 Å². The Labute approximate surface area is 177 Å². The van der Waals surface area contributed by atoms with Gasteiger partial charge in [-0.15, -0.1) is 0 Å². The fraction of sp³-hybridized carbons (Fsp3) is 0.667. The summed E-state index contributed by atoms with van der Waals surface area (Å²) in [6, 6.07) is 2.33. The quantitative estimate of drug-likeness (QED) is 0.682. The van der Waals surface area contributed by atoms with Crippen molar-refractivity contribution in [1.29, 1.82) is 0 Å². The van der Waals surface area contributed by atoms with Gasteiger partial charge in [-0.1, -0.05) is 0 Å². The molecule has 0 unspecified atom stereocenters. The molecule has 166 valence electrons. The Morgan fingerprint density at radius 3 is 2.03 bits per heavy atom. The van der Waals surface area contributed by atoms with E-state index in [-0.39, 0.29) is 11.2 Å². The smallest absolute Gasteiger partial charge is 0.444 e. The number of ether oxygens (including phenoxy) is 1. The molecule has 30 heavy (non-hydrogen) atoms. The summed E-state index contributed by atoms with van der Waals surface area (Å²) in [7, 11) is -0.970. The molecule has 0 atom stereocenters. The Hall–Kier alpha value is -1.87. The molecule has 1 amide bonds. The van der Waals surface area contributed by atoms with Crippen molar-refractivity contribution in [3.63, 3.8) is 0 Å². The van der Waals surface area contributed by atoms with Crippen molar-refractivity contribution in [3.05, 3.63) is 23.8 Å². The molecule has 0 aromatic heterocycles. The Kier molecular flexibility index (Phi) is 5.84. The average molecular weight is 424 g/mol. The van der Waals surface area contributed by atoms with E-state index in [1.807, 2.05) is 27.7 Å². The molecule has 3 rings (SSSR count). The zero-order valence-corrected chi connectivity index (χ0v) is 18.8. The number of halogens is 2. The van der Waals surface area contributed by atoms with Crippen molar-refractivity contribution in [2.45, 2.75) is 65.3 Å². The number of hydrogen-bond acceptors (Lipinski definition) is 5. The Bertz CT molecular complexity index is 802. The second-order valence-electron chi connectivity index (χ2n) is 9.87. The fourth-order valence-electron chi connectivity index (χ4n) is 3.40. The number of piperazine rings is 1. The number of carbonyl (C=O) groups excluding carboxylic acids is 1. The molecule has 9 heteroatoms. The second kappa shape index (κ2) is 7.68. The van der Waals surface area contributed by atoms with Crippen LogP contribution in [0.3, 0.4) is 0 Å². The summed E-state index contributed by atoms with van der Waals surface area (Å²) >= 11 is 0. The Morgan fingerprint density at radius 1 is 1.00 bits per heavy atom. The van der Waals surface area contributed by atoms with Gasteiger partial charge in [-0.05, 0) is 60.6 Å². The van der Waals surface area contributed by atoms with Crippen LogP contribution in [0.15, 0.2) is 12.1 Å². The topological polar surface area (TPSA) is 51.2 Å². The summed E-state index contributed by atoms with van der Waals surface area (Å²) in [6.45, 7) is 14.4. The maximum atomic E-state index is 14.9. The Morgan fingerprint density at radius 2 is 1.53 bits per heavy atom. The zero-order chi connectivity index (χ0) is 22.5. The van der Waals surface area contributed by atoms with Gasteiger partial charge in [0, 0.05) is 31.6 Å². The van der Waals surface area contributed by atoms with Gasteiger partial charge in [0.1, 0.15) is 17.2 Å². The Balaban J connectivity index is 1.71. The van der Waals surface area contributed by atoms with Crippen molar-refractivity contribution in [2.24, 2.45) is 0 Å². The monoisotopic (exact) mass is 424 g/mol. The largest absolute Gasteiger partial charge is 0.497 e. The van der Waals surface area contributed by atoms with E-state index in [2.05, 4.69) is 0 Å². The van der Waals surface area contributed by atoms with Gasteiger partial charge < -0.3 is 23.8 Å². The van der Waals surface area contributed by atoms with Crippen LogP contribution >= 0.6 is 0 Å². The first-order chi connectivity index (χ1) is 13.7. The van der Waals surface area contributed by atoms with E-state index < -0.39 is 41.6 Å². The molecule has 2 fully saturated rings. The van der Waals surface area contributed by atoms with Gasteiger partial charge in [0.25, 0.3) is 0 Å². The molecule has 2 aliphatic heterocycles. The molecule has 2 aliphatic rings. The predicted molar refractivity (Wildman–Crippen MR) is 112 cm³/mol. The lowest BCUT2D eigenvalue weighted by atomic mass is 9.78. The van der Waals surface area contributed by atoms with Crippen molar-refractivity contribution >= 4 is 24.4 Å². The van der Waals surface area contributed by atoms with Crippen LogP contribution in [0.2, 0.25) is 0 Å². The SMILES string of the molecule is CC(C)(C)OC(=O)N1CCN(c2cc(F)c(B3OC(C)(C)C(C)(C)O3)cc2F)CC1. The standard InChI is InChI=1S/C21H31BF2N2O4/c1-19(2,3)28-18(27)26-10-8-25(9-11-26)17-13-15(23)14(12-16(17)24)22-29-20(4,5)21(6,7)30-22/h12-13H,8-11H2,1-7H3. The first kappa shape index (κ1) is 22.8. The highest BCUT2D eigenvalue weighted by Gasteiger charge is 2.52. The molecule has 1 aromatic carbocycles. The van der Waals surface area contributed by atoms with Crippen LogP contribution in [0.1, 0.15) is 48.5 Å². The minimum Gasteiger partial charge on any atom is -0.444 e. The summed E-state index contributed by atoms with van der Waals surface area (Å²) in [5.41, 5.74) is -1.65. The van der Waals surface area contributed by atoms with Crippen LogP contribution in [0.25, 0.3) is 0 Å². The van der Waals surface area contributed by atoms with Crippen molar-refractivity contribution in [1.82, 2.24) is 4.90 Å². The van der Waals surface area contributed by atoms with Crippen LogP contribution < -0.4 is 10.4 Å². The van der Waals surface area contributed by atoms with Gasteiger partial charge in [0.15, 0.2) is 0 Å². The van der Waals surface area contributed by atoms with Gasteiger partial charge in [-0.2, -0.15) is 0 Å². The molecule has 0 bridgehead atoms. The molecule has 0 aliphatic carbocycles. The molecular weight excluding hydrogens is 393 g/mol. The molecule has 6 nitrogen and oxygen atoms in total. The number of hydrogen-bond donors (Lipinski definition) is 0. The maximum absolute atomic E-state index is 14.9. The minimum atomic E-state index is -0.970. The molecule has 0 saturated carbocycles. The van der Waals surface area contributed by atoms with Crippen molar-refractivity contribution in [2.75, 3.05) is 31.1 Å². The highest BCUT2D eigenvalue weighted by atomic mass is 19.1. The van der Waals surface area contributed by atoms with Crippen LogP contribution in [0.4, 0.5) is 19.3 Å². The number of amides is 1. The number of nitrogens with zero attached hydrogens (tertiary/aromatic N) is 2. The summed E-state index contributed by atoms with van der Waals surface area (Å²) < 4.78 is 46.9. The van der Waals surface area contributed by atoms with Crippen molar-refractivity contribution in [3.8, 4) is 0 Å². The first-order valence-corrected chi connectivity index (χ1v) is 10.3. The van der Waals surface area contributed by atoms with Gasteiger partial charge in [0.05, 0.1) is 16.9 Å². The summed E-state index contributed by atoms with van der Waals surface area (Å²) in [6.07, 6.45) is -0.398. The number of benzene rings is 1. The number of carbonyl (C=O) groups is 1. The predicted octanol–water partition coefficient (Wildman–Crippen LogP) is 3.32. The van der Waals surface area contributed by atoms with E-state index >= 15 is 0 Å². The zero-order valence-electron chi connectivity index (χ0n) is 18.8. The molecular formula is C21H31BF2N2O4. The van der Waals surface area contributed by atoms with Crippen molar-refractivity contribution < 1.29 is 27.6 Å². The fourth-order valence-corrected chi connectivity index (χ4v) is 3.40. The van der Waals surface area contributed by atoms with E-state index in [4.69, 9.17) is 14.0 Å². The maximum Gasteiger partial charge on any atom is 0.497 e. The third kappa shape index (κ3) is 4.57.